The average molecular weight is 579 g/mol. The number of nitrogens with one attached hydrogen (secondary N) is 3. The van der Waals surface area contributed by atoms with Crippen molar-refractivity contribution in [3.63, 3.8) is 0 Å². The number of likely N-dealkylation sites (N-methyl/N-ethyl adjacent to an activating group) is 1. The molecule has 2 amide bonds. The summed E-state index contributed by atoms with van der Waals surface area (Å²) in [5, 5.41) is 25.0. The molecule has 3 atom stereocenters. The number of aliphatic imine (C=N–C) groups is 1. The second-order valence-electron chi connectivity index (χ2n) is 10.9. The fourth-order valence-electron chi connectivity index (χ4n) is 5.51. The molecule has 8 heteroatoms. The molecular formula is C35H38N4O4. The third-order valence-corrected chi connectivity index (χ3v) is 7.76. The van der Waals surface area contributed by atoms with Gasteiger partial charge in [-0.25, -0.2) is 0 Å². The normalized spacial score (nSPS) is 18.0. The van der Waals surface area contributed by atoms with Crippen LogP contribution >= 0.6 is 0 Å². The van der Waals surface area contributed by atoms with E-state index in [0.29, 0.717) is 24.0 Å². The molecule has 3 aromatic carbocycles. The van der Waals surface area contributed by atoms with Gasteiger partial charge in [-0.05, 0) is 53.5 Å². The Bertz CT molecular complexity index is 1530. The molecule has 2 bridgehead atoms. The van der Waals surface area contributed by atoms with Gasteiger partial charge in [-0.3, -0.25) is 19.8 Å². The first-order valence-corrected chi connectivity index (χ1v) is 14.6. The van der Waals surface area contributed by atoms with Crippen LogP contribution in [0.3, 0.4) is 0 Å². The van der Waals surface area contributed by atoms with Gasteiger partial charge < -0.3 is 15.7 Å². The molecule has 0 saturated carbocycles. The largest absolute Gasteiger partial charge is 0.508 e. The number of hydrogen-bond acceptors (Lipinski definition) is 5. The molecule has 43 heavy (non-hydrogen) atoms. The molecule has 0 radical (unpaired) electrons. The molecule has 3 aromatic rings. The van der Waals surface area contributed by atoms with Gasteiger partial charge in [0, 0.05) is 49.8 Å². The number of aromatic hydroxyl groups is 1. The van der Waals surface area contributed by atoms with Crippen LogP contribution in [0.15, 0.2) is 83.9 Å². The van der Waals surface area contributed by atoms with Gasteiger partial charge in [0.1, 0.15) is 17.6 Å². The molecule has 4 rings (SSSR count). The maximum absolute atomic E-state index is 12.9. The minimum Gasteiger partial charge on any atom is -0.508 e. The van der Waals surface area contributed by atoms with Crippen LogP contribution in [-0.2, 0) is 27.2 Å². The van der Waals surface area contributed by atoms with Gasteiger partial charge in [0.15, 0.2) is 5.84 Å². The summed E-state index contributed by atoms with van der Waals surface area (Å²) in [6.45, 7) is 2.00. The lowest BCUT2D eigenvalue weighted by Crippen LogP contribution is -2.47. The van der Waals surface area contributed by atoms with Crippen molar-refractivity contribution in [1.29, 1.82) is 5.41 Å². The van der Waals surface area contributed by atoms with Gasteiger partial charge in [-0.2, -0.15) is 4.99 Å². The second kappa shape index (κ2) is 14.9. The zero-order valence-electron chi connectivity index (χ0n) is 24.6. The van der Waals surface area contributed by atoms with Gasteiger partial charge in [0.05, 0.1) is 0 Å². The summed E-state index contributed by atoms with van der Waals surface area (Å²) in [5.41, 5.74) is 4.05. The molecule has 1 aliphatic heterocycles. The Morgan fingerprint density at radius 2 is 1.77 bits per heavy atom. The number of phenolic OH excluding ortho intramolecular Hbond substituents is 1. The number of amidine groups is 1. The number of allylic oxidation sites excluding steroid dienone is 1. The van der Waals surface area contributed by atoms with E-state index >= 15 is 0 Å². The number of carbonyl (C=O) groups excluding carboxylic acids is 3. The number of rotatable bonds is 6. The molecule has 1 heterocycles. The number of benzene rings is 3. The Morgan fingerprint density at radius 1 is 1.07 bits per heavy atom. The molecule has 0 fully saturated rings. The molecule has 8 nitrogen and oxygen atoms in total. The molecule has 0 saturated heterocycles. The van der Waals surface area contributed by atoms with Crippen molar-refractivity contribution >= 4 is 29.3 Å². The third-order valence-electron chi connectivity index (χ3n) is 7.76. The maximum atomic E-state index is 12.9. The van der Waals surface area contributed by atoms with E-state index in [9.17, 15) is 19.5 Å². The predicted molar refractivity (Wildman–Crippen MR) is 168 cm³/mol. The molecule has 2 unspecified atom stereocenters. The predicted octanol–water partition coefficient (Wildman–Crippen LogP) is 4.87. The number of fused-ring (bicyclic) bond motifs is 2. The summed E-state index contributed by atoms with van der Waals surface area (Å²) < 4.78 is 0. The number of carbonyl (C=O) groups is 3. The van der Waals surface area contributed by atoms with E-state index in [0.717, 1.165) is 16.7 Å². The highest BCUT2D eigenvalue weighted by molar-refractivity contribution is 6.00. The molecule has 0 aliphatic carbocycles. The Kier molecular flexibility index (Phi) is 10.8. The summed E-state index contributed by atoms with van der Waals surface area (Å²) >= 11 is 0. The fourth-order valence-corrected chi connectivity index (χ4v) is 5.51. The molecule has 0 aromatic heterocycles. The van der Waals surface area contributed by atoms with Gasteiger partial charge >= 0.3 is 0 Å². The minimum atomic E-state index is -0.849. The Labute approximate surface area is 252 Å². The smallest absolute Gasteiger partial charge is 0.242 e. The lowest BCUT2D eigenvalue weighted by atomic mass is 9.79. The van der Waals surface area contributed by atoms with Crippen LogP contribution in [0, 0.1) is 11.3 Å². The second-order valence-corrected chi connectivity index (χ2v) is 10.9. The molecule has 4 N–H and O–H groups in total. The van der Waals surface area contributed by atoms with Crippen molar-refractivity contribution in [1.82, 2.24) is 10.6 Å². The topological polar surface area (TPSA) is 132 Å². The molecular weight excluding hydrogens is 540 g/mol. The highest BCUT2D eigenvalue weighted by Crippen LogP contribution is 2.40. The van der Waals surface area contributed by atoms with Crippen LogP contribution in [0.2, 0.25) is 0 Å². The number of ketones is 1. The van der Waals surface area contributed by atoms with Crippen LogP contribution in [0.4, 0.5) is 0 Å². The highest BCUT2D eigenvalue weighted by atomic mass is 16.3. The van der Waals surface area contributed by atoms with E-state index < -0.39 is 6.04 Å². The SMILES string of the molecule is CNC(=O)C1Cc2ccc(O)c(c2C[C@@H](C)C=C=NC(=N)c2ccccc2)C(c2ccccc2)CCC(=O)CCC(=O)N1. The van der Waals surface area contributed by atoms with Crippen LogP contribution < -0.4 is 10.6 Å². The molecule has 0 spiro atoms. The first kappa shape index (κ1) is 31.1. The average Bonchev–Trinajstić information content (AvgIpc) is 3.02. The van der Waals surface area contributed by atoms with Gasteiger partial charge in [0.2, 0.25) is 11.8 Å². The Balaban J connectivity index is 1.80. The van der Waals surface area contributed by atoms with Crippen LogP contribution in [0.1, 0.15) is 66.3 Å². The summed E-state index contributed by atoms with van der Waals surface area (Å²) in [7, 11) is 1.52. The van der Waals surface area contributed by atoms with Crippen LogP contribution in [-0.4, -0.2) is 47.5 Å². The van der Waals surface area contributed by atoms with Crippen LogP contribution in [0.25, 0.3) is 0 Å². The van der Waals surface area contributed by atoms with Crippen LogP contribution in [0.5, 0.6) is 5.75 Å². The van der Waals surface area contributed by atoms with Crippen molar-refractivity contribution in [2.75, 3.05) is 7.05 Å². The van der Waals surface area contributed by atoms with Gasteiger partial charge in [-0.15, -0.1) is 0 Å². The monoisotopic (exact) mass is 578 g/mol. The molecule has 222 valence electrons. The highest BCUT2D eigenvalue weighted by Gasteiger charge is 2.28. The first-order valence-electron chi connectivity index (χ1n) is 14.6. The van der Waals surface area contributed by atoms with Gasteiger partial charge in [0.25, 0.3) is 0 Å². The first-order chi connectivity index (χ1) is 20.8. The van der Waals surface area contributed by atoms with Crippen molar-refractivity contribution in [2.45, 2.75) is 57.4 Å². The number of nitrogens with zero attached hydrogens (tertiary/aromatic N) is 1. The minimum absolute atomic E-state index is 0.0111. The quantitative estimate of drug-likeness (QED) is 0.245. The van der Waals surface area contributed by atoms with E-state index in [-0.39, 0.29) is 66.7 Å². The number of hydrogen-bond donors (Lipinski definition) is 4. The maximum Gasteiger partial charge on any atom is 0.242 e. The zero-order valence-corrected chi connectivity index (χ0v) is 24.6. The van der Waals surface area contributed by atoms with E-state index in [1.807, 2.05) is 67.6 Å². The van der Waals surface area contributed by atoms with E-state index in [4.69, 9.17) is 5.41 Å². The molecule has 1 aliphatic rings. The number of amides is 2. The Hall–Kier alpha value is -4.81. The third kappa shape index (κ3) is 8.37. The van der Waals surface area contributed by atoms with Crippen molar-refractivity contribution in [3.8, 4) is 5.75 Å². The Morgan fingerprint density at radius 3 is 2.47 bits per heavy atom. The van der Waals surface area contributed by atoms with E-state index in [1.165, 1.54) is 7.05 Å². The summed E-state index contributed by atoms with van der Waals surface area (Å²) in [6.07, 6.45) is 3.30. The van der Waals surface area contributed by atoms with Crippen molar-refractivity contribution in [3.05, 3.63) is 107 Å². The van der Waals surface area contributed by atoms with E-state index in [2.05, 4.69) is 21.5 Å². The number of phenols is 1. The summed E-state index contributed by atoms with van der Waals surface area (Å²) in [6, 6.07) is 21.6. The lowest BCUT2D eigenvalue weighted by Gasteiger charge is -2.26. The van der Waals surface area contributed by atoms with E-state index in [1.54, 1.807) is 18.2 Å². The summed E-state index contributed by atoms with van der Waals surface area (Å²) in [4.78, 5) is 42.7. The number of Topliss-reactive ketones (excluding diaryl/α,β-unsaturated/α-hetero) is 1. The van der Waals surface area contributed by atoms with Gasteiger partial charge in [-0.1, -0.05) is 73.7 Å². The zero-order chi connectivity index (χ0) is 30.8. The summed E-state index contributed by atoms with van der Waals surface area (Å²) in [5.74, 6) is 2.01. The van der Waals surface area contributed by atoms with Crippen molar-refractivity contribution in [2.24, 2.45) is 10.9 Å². The lowest BCUT2D eigenvalue weighted by molar-refractivity contribution is -0.129. The fraction of sp³-hybridized carbons (Fsp3) is 0.314. The standard InChI is InChI=1S/C35H38N4O4/c1-23(19-20-38-34(36)25-11-7-4-8-12-25)21-29-26-13-17-31(41)33(29)28(24-9-5-3-6-10-24)16-14-27(40)15-18-32(42)39-30(22-26)35(43)37-2/h3-13,17,19,23,28,30,36,41H,14-16,18,21-22H2,1-2H3,(H,37,43)(H,39,42)/t23-,28?,30?/m0/s1. The van der Waals surface area contributed by atoms with Crippen molar-refractivity contribution < 1.29 is 19.5 Å².